The highest BCUT2D eigenvalue weighted by Crippen LogP contribution is 2.34. The van der Waals surface area contributed by atoms with Gasteiger partial charge in [0, 0.05) is 38.6 Å². The van der Waals surface area contributed by atoms with E-state index in [2.05, 4.69) is 20.2 Å². The van der Waals surface area contributed by atoms with Crippen LogP contribution in [0.4, 0.5) is 18.3 Å². The van der Waals surface area contributed by atoms with Crippen molar-refractivity contribution < 1.29 is 18.0 Å². The van der Waals surface area contributed by atoms with Gasteiger partial charge in [-0.1, -0.05) is 11.3 Å². The highest BCUT2D eigenvalue weighted by atomic mass is 32.1. The molecule has 0 N–H and O–H groups in total. The molecule has 0 saturated carbocycles. The van der Waals surface area contributed by atoms with Crippen LogP contribution >= 0.6 is 11.3 Å². The topological polar surface area (TPSA) is 75.1 Å². The Morgan fingerprint density at radius 3 is 2.56 bits per heavy atom. The van der Waals surface area contributed by atoms with Gasteiger partial charge >= 0.3 is 6.18 Å². The van der Waals surface area contributed by atoms with Gasteiger partial charge in [-0.2, -0.15) is 13.2 Å². The maximum absolute atomic E-state index is 12.6. The molecular formula is C14H15F3N6OS. The summed E-state index contributed by atoms with van der Waals surface area (Å²) in [6.07, 6.45) is 0.955. The summed E-state index contributed by atoms with van der Waals surface area (Å²) < 4.78 is 37.9. The molecule has 2 aromatic rings. The Bertz CT molecular complexity index is 723. The van der Waals surface area contributed by atoms with Crippen LogP contribution in [0.3, 0.4) is 0 Å². The molecule has 0 unspecified atom stereocenters. The van der Waals surface area contributed by atoms with E-state index in [-0.39, 0.29) is 17.5 Å². The molecule has 0 radical (unpaired) electrons. The van der Waals surface area contributed by atoms with Gasteiger partial charge in [0.2, 0.25) is 16.0 Å². The molecule has 1 aliphatic heterocycles. The third kappa shape index (κ3) is 4.41. The van der Waals surface area contributed by atoms with Crippen molar-refractivity contribution in [3.8, 4) is 0 Å². The van der Waals surface area contributed by atoms with E-state index in [0.29, 0.717) is 43.9 Å². The lowest BCUT2D eigenvalue weighted by Crippen LogP contribution is -2.36. The third-order valence-electron chi connectivity index (χ3n) is 3.75. The molecule has 1 amide bonds. The van der Waals surface area contributed by atoms with E-state index in [1.54, 1.807) is 22.2 Å². The number of carbonyl (C=O) groups excluding carboxylic acids is 1. The molecule has 134 valence electrons. The van der Waals surface area contributed by atoms with Crippen LogP contribution in [-0.2, 0) is 17.4 Å². The van der Waals surface area contributed by atoms with E-state index < -0.39 is 11.2 Å². The number of anilines is 1. The Morgan fingerprint density at radius 2 is 1.88 bits per heavy atom. The average molecular weight is 372 g/mol. The highest BCUT2D eigenvalue weighted by molar-refractivity contribution is 7.15. The van der Waals surface area contributed by atoms with E-state index in [9.17, 15) is 18.0 Å². The lowest BCUT2D eigenvalue weighted by atomic mass is 10.2. The fourth-order valence-electron chi connectivity index (χ4n) is 2.52. The quantitative estimate of drug-likeness (QED) is 0.815. The number of amides is 1. The molecule has 0 aromatic carbocycles. The van der Waals surface area contributed by atoms with Crippen molar-refractivity contribution >= 4 is 22.4 Å². The summed E-state index contributed by atoms with van der Waals surface area (Å²) in [7, 11) is 0. The summed E-state index contributed by atoms with van der Waals surface area (Å²) in [6, 6.07) is 0. The van der Waals surface area contributed by atoms with Crippen molar-refractivity contribution in [2.45, 2.75) is 19.0 Å². The fourth-order valence-corrected chi connectivity index (χ4v) is 3.29. The second kappa shape index (κ2) is 7.30. The Kier molecular flexibility index (Phi) is 5.11. The minimum Gasteiger partial charge on any atom is -0.345 e. The molecule has 2 aromatic heterocycles. The highest BCUT2D eigenvalue weighted by Gasteiger charge is 2.36. The Balaban J connectivity index is 1.60. The van der Waals surface area contributed by atoms with Crippen LogP contribution in [0.2, 0.25) is 0 Å². The molecule has 0 atom stereocenters. The first-order valence-corrected chi connectivity index (χ1v) is 8.42. The number of carbonyl (C=O) groups is 1. The number of nitrogens with zero attached hydrogens (tertiary/aromatic N) is 6. The number of hydrogen-bond donors (Lipinski definition) is 0. The van der Waals surface area contributed by atoms with Crippen molar-refractivity contribution in [3.05, 3.63) is 29.3 Å². The summed E-state index contributed by atoms with van der Waals surface area (Å²) in [6.45, 7) is 1.93. The molecule has 0 aliphatic carbocycles. The van der Waals surface area contributed by atoms with Crippen LogP contribution < -0.4 is 4.90 Å². The van der Waals surface area contributed by atoms with Gasteiger partial charge in [-0.05, 0) is 12.0 Å². The molecule has 3 rings (SSSR count). The lowest BCUT2D eigenvalue weighted by Gasteiger charge is -2.21. The minimum atomic E-state index is -4.48. The van der Waals surface area contributed by atoms with Crippen LogP contribution in [-0.4, -0.2) is 57.2 Å². The Labute approximate surface area is 145 Å². The van der Waals surface area contributed by atoms with Crippen molar-refractivity contribution in [1.29, 1.82) is 0 Å². The third-order valence-corrected chi connectivity index (χ3v) is 4.77. The second-order valence-corrected chi connectivity index (χ2v) is 6.49. The normalized spacial score (nSPS) is 16.0. The van der Waals surface area contributed by atoms with Gasteiger partial charge in [0.05, 0.1) is 6.42 Å². The lowest BCUT2D eigenvalue weighted by molar-refractivity contribution is -0.138. The summed E-state index contributed by atoms with van der Waals surface area (Å²) in [5.41, 5.74) is 0.729. The SMILES string of the molecule is O=C(Cc1cncnc1)N1CCCN(c2nnc(C(F)(F)F)s2)CC1. The number of rotatable bonds is 3. The van der Waals surface area contributed by atoms with Gasteiger partial charge < -0.3 is 9.80 Å². The Hall–Kier alpha value is -2.30. The average Bonchev–Trinajstić information content (AvgIpc) is 2.95. The molecule has 25 heavy (non-hydrogen) atoms. The van der Waals surface area contributed by atoms with Gasteiger partial charge in [0.15, 0.2) is 0 Å². The smallest absolute Gasteiger partial charge is 0.345 e. The number of halogens is 3. The number of aromatic nitrogens is 4. The maximum atomic E-state index is 12.6. The zero-order valence-electron chi connectivity index (χ0n) is 13.1. The van der Waals surface area contributed by atoms with Crippen LogP contribution in [0.25, 0.3) is 0 Å². The Morgan fingerprint density at radius 1 is 1.12 bits per heavy atom. The van der Waals surface area contributed by atoms with Crippen LogP contribution in [0.1, 0.15) is 17.0 Å². The van der Waals surface area contributed by atoms with E-state index in [1.807, 2.05) is 0 Å². The van der Waals surface area contributed by atoms with Gasteiger partial charge in [0.25, 0.3) is 0 Å². The van der Waals surface area contributed by atoms with E-state index in [4.69, 9.17) is 0 Å². The molecule has 0 bridgehead atoms. The molecule has 1 aliphatic rings. The van der Waals surface area contributed by atoms with Crippen molar-refractivity contribution in [2.75, 3.05) is 31.1 Å². The van der Waals surface area contributed by atoms with Gasteiger partial charge in [-0.15, -0.1) is 10.2 Å². The number of hydrogen-bond acceptors (Lipinski definition) is 7. The second-order valence-electron chi connectivity index (χ2n) is 5.53. The molecule has 1 saturated heterocycles. The van der Waals surface area contributed by atoms with Crippen molar-refractivity contribution in [1.82, 2.24) is 25.1 Å². The first kappa shape index (κ1) is 17.5. The molecule has 11 heteroatoms. The molecule has 3 heterocycles. The molecule has 1 fully saturated rings. The summed E-state index contributed by atoms with van der Waals surface area (Å²) >= 11 is 0.527. The zero-order valence-corrected chi connectivity index (χ0v) is 13.9. The maximum Gasteiger partial charge on any atom is 0.445 e. The first-order chi connectivity index (χ1) is 11.9. The van der Waals surface area contributed by atoms with Crippen molar-refractivity contribution in [2.24, 2.45) is 0 Å². The summed E-state index contributed by atoms with van der Waals surface area (Å²) in [5.74, 6) is -0.0510. The van der Waals surface area contributed by atoms with E-state index in [0.717, 1.165) is 5.56 Å². The predicted molar refractivity (Wildman–Crippen MR) is 84.1 cm³/mol. The summed E-state index contributed by atoms with van der Waals surface area (Å²) in [5, 5.41) is 6.13. The van der Waals surface area contributed by atoms with Crippen LogP contribution in [0.15, 0.2) is 18.7 Å². The van der Waals surface area contributed by atoms with Gasteiger partial charge in [0.1, 0.15) is 6.33 Å². The summed E-state index contributed by atoms with van der Waals surface area (Å²) in [4.78, 5) is 23.6. The molecule has 7 nitrogen and oxygen atoms in total. The van der Waals surface area contributed by atoms with Gasteiger partial charge in [-0.25, -0.2) is 9.97 Å². The fraction of sp³-hybridized carbons (Fsp3) is 0.500. The standard InChI is InChI=1S/C14H15F3N6OS/c15-14(16,17)12-20-21-13(25-12)23-3-1-2-22(4-5-23)11(24)6-10-7-18-9-19-8-10/h7-9H,1-6H2. The van der Waals surface area contributed by atoms with Crippen molar-refractivity contribution in [3.63, 3.8) is 0 Å². The first-order valence-electron chi connectivity index (χ1n) is 7.61. The van der Waals surface area contributed by atoms with E-state index >= 15 is 0 Å². The van der Waals surface area contributed by atoms with Crippen LogP contribution in [0, 0.1) is 0 Å². The number of alkyl halides is 3. The monoisotopic (exact) mass is 372 g/mol. The molecule has 0 spiro atoms. The van der Waals surface area contributed by atoms with Gasteiger partial charge in [-0.3, -0.25) is 4.79 Å². The largest absolute Gasteiger partial charge is 0.445 e. The minimum absolute atomic E-state index is 0.0510. The van der Waals surface area contributed by atoms with Crippen LogP contribution in [0.5, 0.6) is 0 Å². The van der Waals surface area contributed by atoms with E-state index in [1.165, 1.54) is 6.33 Å². The predicted octanol–water partition coefficient (Wildman–Crippen LogP) is 1.63. The molecular weight excluding hydrogens is 357 g/mol. The zero-order chi connectivity index (χ0) is 17.9.